The van der Waals surface area contributed by atoms with E-state index >= 15 is 0 Å². The van der Waals surface area contributed by atoms with Crippen molar-refractivity contribution in [2.24, 2.45) is 0 Å². The summed E-state index contributed by atoms with van der Waals surface area (Å²) in [6.07, 6.45) is 0.934. The van der Waals surface area contributed by atoms with E-state index in [4.69, 9.17) is 4.42 Å². The van der Waals surface area contributed by atoms with Crippen LogP contribution in [-0.2, 0) is 0 Å². The topological polar surface area (TPSA) is 51.0 Å². The number of nitrogens with one attached hydrogen (secondary N) is 1. The van der Waals surface area contributed by atoms with E-state index < -0.39 is 17.5 Å². The normalized spacial score (nSPS) is 12.7. The molecule has 1 aromatic carbocycles. The Hall–Kier alpha value is -1.89. The molecule has 1 heterocycles. The molecule has 0 spiro atoms. The third-order valence-corrected chi connectivity index (χ3v) is 2.78. The van der Waals surface area contributed by atoms with Crippen LogP contribution in [0.5, 0.6) is 0 Å². The van der Waals surface area contributed by atoms with E-state index in [-0.39, 0.29) is 23.4 Å². The molecule has 0 saturated heterocycles. The van der Waals surface area contributed by atoms with Gasteiger partial charge in [-0.15, -0.1) is 10.2 Å². The fourth-order valence-electron chi connectivity index (χ4n) is 1.66. The smallest absolute Gasteiger partial charge is 0.250 e. The van der Waals surface area contributed by atoms with Crippen molar-refractivity contribution in [2.45, 2.75) is 26.3 Å². The zero-order valence-electron chi connectivity index (χ0n) is 11.1. The van der Waals surface area contributed by atoms with Crippen molar-refractivity contribution in [3.63, 3.8) is 0 Å². The van der Waals surface area contributed by atoms with Crippen LogP contribution in [0.1, 0.15) is 32.2 Å². The van der Waals surface area contributed by atoms with Crippen molar-refractivity contribution in [2.75, 3.05) is 6.54 Å². The zero-order chi connectivity index (χ0) is 14.7. The highest BCUT2D eigenvalue weighted by Gasteiger charge is 2.20. The van der Waals surface area contributed by atoms with E-state index in [2.05, 4.69) is 15.5 Å². The van der Waals surface area contributed by atoms with Crippen LogP contribution in [0.4, 0.5) is 13.2 Å². The molecular formula is C13H14F3N3O. The highest BCUT2D eigenvalue weighted by Crippen LogP contribution is 2.26. The summed E-state index contributed by atoms with van der Waals surface area (Å²) >= 11 is 0. The molecular weight excluding hydrogens is 271 g/mol. The summed E-state index contributed by atoms with van der Waals surface area (Å²) in [7, 11) is 0. The summed E-state index contributed by atoms with van der Waals surface area (Å²) in [5.41, 5.74) is -0.259. The van der Waals surface area contributed by atoms with Gasteiger partial charge in [0.2, 0.25) is 5.89 Å². The maximum atomic E-state index is 13.6. The number of nitrogens with zero attached hydrogens (tertiary/aromatic N) is 2. The number of benzene rings is 1. The van der Waals surface area contributed by atoms with E-state index in [0.717, 1.165) is 25.1 Å². The lowest BCUT2D eigenvalue weighted by Gasteiger charge is -2.07. The lowest BCUT2D eigenvalue weighted by atomic mass is 10.2. The first-order valence-electron chi connectivity index (χ1n) is 6.25. The predicted octanol–water partition coefficient (Wildman–Crippen LogP) is 3.21. The van der Waals surface area contributed by atoms with Crippen LogP contribution >= 0.6 is 0 Å². The molecule has 1 atom stereocenters. The SMILES string of the molecule is CCCNC(C)c1nnc(-c2ccc(F)c(F)c2F)o1. The number of hydrogen-bond donors (Lipinski definition) is 1. The standard InChI is InChI=1S/C13H14F3N3O/c1-3-6-17-7(2)12-18-19-13(20-12)8-4-5-9(14)11(16)10(8)15/h4-5,7,17H,3,6H2,1-2H3. The highest BCUT2D eigenvalue weighted by atomic mass is 19.2. The molecule has 20 heavy (non-hydrogen) atoms. The van der Waals surface area contributed by atoms with Crippen LogP contribution in [0.3, 0.4) is 0 Å². The minimum absolute atomic E-state index is 0.179. The summed E-state index contributed by atoms with van der Waals surface area (Å²) in [4.78, 5) is 0. The van der Waals surface area contributed by atoms with Gasteiger partial charge in [-0.3, -0.25) is 0 Å². The van der Waals surface area contributed by atoms with Gasteiger partial charge in [-0.2, -0.15) is 0 Å². The monoisotopic (exact) mass is 285 g/mol. The zero-order valence-corrected chi connectivity index (χ0v) is 11.1. The second-order valence-electron chi connectivity index (χ2n) is 4.34. The van der Waals surface area contributed by atoms with E-state index in [9.17, 15) is 13.2 Å². The quantitative estimate of drug-likeness (QED) is 0.857. The molecule has 1 aromatic heterocycles. The number of aromatic nitrogens is 2. The van der Waals surface area contributed by atoms with Crippen LogP contribution in [0.15, 0.2) is 16.5 Å². The van der Waals surface area contributed by atoms with Crippen molar-refractivity contribution >= 4 is 0 Å². The van der Waals surface area contributed by atoms with Gasteiger partial charge in [0.05, 0.1) is 11.6 Å². The average molecular weight is 285 g/mol. The molecule has 2 aromatic rings. The van der Waals surface area contributed by atoms with Gasteiger partial charge in [0, 0.05) is 0 Å². The minimum atomic E-state index is -1.56. The van der Waals surface area contributed by atoms with Gasteiger partial charge < -0.3 is 9.73 Å². The number of hydrogen-bond acceptors (Lipinski definition) is 4. The average Bonchev–Trinajstić information content (AvgIpc) is 2.92. The van der Waals surface area contributed by atoms with Crippen LogP contribution in [0, 0.1) is 17.5 Å². The summed E-state index contributed by atoms with van der Waals surface area (Å²) < 4.78 is 44.9. The van der Waals surface area contributed by atoms with Gasteiger partial charge in [0.25, 0.3) is 5.89 Å². The van der Waals surface area contributed by atoms with Crippen molar-refractivity contribution in [3.8, 4) is 11.5 Å². The third kappa shape index (κ3) is 2.82. The molecule has 2 rings (SSSR count). The predicted molar refractivity (Wildman–Crippen MR) is 66.3 cm³/mol. The summed E-state index contributed by atoms with van der Waals surface area (Å²) in [6.45, 7) is 4.59. The molecule has 1 N–H and O–H groups in total. The van der Waals surface area contributed by atoms with Crippen LogP contribution < -0.4 is 5.32 Å². The maximum Gasteiger partial charge on any atom is 0.250 e. The first kappa shape index (κ1) is 14.5. The van der Waals surface area contributed by atoms with Crippen LogP contribution in [0.25, 0.3) is 11.5 Å². The van der Waals surface area contributed by atoms with Gasteiger partial charge in [0.1, 0.15) is 0 Å². The Morgan fingerprint density at radius 3 is 2.65 bits per heavy atom. The van der Waals surface area contributed by atoms with Gasteiger partial charge in [-0.1, -0.05) is 6.92 Å². The highest BCUT2D eigenvalue weighted by molar-refractivity contribution is 5.53. The summed E-state index contributed by atoms with van der Waals surface area (Å²) in [5, 5.41) is 10.6. The number of halogens is 3. The second-order valence-corrected chi connectivity index (χ2v) is 4.34. The summed E-state index contributed by atoms with van der Waals surface area (Å²) in [6, 6.07) is 1.68. The van der Waals surface area contributed by atoms with Gasteiger partial charge in [-0.25, -0.2) is 13.2 Å². The van der Waals surface area contributed by atoms with E-state index in [1.807, 2.05) is 13.8 Å². The Balaban J connectivity index is 2.27. The Morgan fingerprint density at radius 1 is 1.20 bits per heavy atom. The Bertz CT molecular complexity index is 601. The minimum Gasteiger partial charge on any atom is -0.419 e. The lowest BCUT2D eigenvalue weighted by molar-refractivity contribution is 0.417. The van der Waals surface area contributed by atoms with Crippen molar-refractivity contribution in [1.82, 2.24) is 15.5 Å². The Kier molecular flexibility index (Phi) is 4.39. The molecule has 0 bridgehead atoms. The second kappa shape index (κ2) is 6.04. The van der Waals surface area contributed by atoms with Crippen molar-refractivity contribution in [3.05, 3.63) is 35.5 Å². The third-order valence-electron chi connectivity index (χ3n) is 2.78. The van der Waals surface area contributed by atoms with Crippen molar-refractivity contribution < 1.29 is 17.6 Å². The fraction of sp³-hybridized carbons (Fsp3) is 0.385. The van der Waals surface area contributed by atoms with E-state index in [0.29, 0.717) is 0 Å². The Labute approximate surface area is 114 Å². The molecule has 7 heteroatoms. The molecule has 0 fully saturated rings. The summed E-state index contributed by atoms with van der Waals surface area (Å²) in [5.74, 6) is -4.07. The molecule has 4 nitrogen and oxygen atoms in total. The molecule has 0 aliphatic carbocycles. The number of rotatable bonds is 5. The molecule has 0 amide bonds. The van der Waals surface area contributed by atoms with Gasteiger partial charge >= 0.3 is 0 Å². The maximum absolute atomic E-state index is 13.6. The van der Waals surface area contributed by atoms with Crippen LogP contribution in [-0.4, -0.2) is 16.7 Å². The fourth-order valence-corrected chi connectivity index (χ4v) is 1.66. The molecule has 0 aliphatic rings. The first-order valence-corrected chi connectivity index (χ1v) is 6.25. The van der Waals surface area contributed by atoms with Gasteiger partial charge in [0.15, 0.2) is 17.5 Å². The van der Waals surface area contributed by atoms with Gasteiger partial charge in [-0.05, 0) is 32.0 Å². The van der Waals surface area contributed by atoms with E-state index in [1.54, 1.807) is 0 Å². The Morgan fingerprint density at radius 2 is 1.95 bits per heavy atom. The molecule has 108 valence electrons. The largest absolute Gasteiger partial charge is 0.419 e. The van der Waals surface area contributed by atoms with E-state index in [1.165, 1.54) is 0 Å². The molecule has 0 radical (unpaired) electrons. The van der Waals surface area contributed by atoms with Crippen LogP contribution in [0.2, 0.25) is 0 Å². The lowest BCUT2D eigenvalue weighted by Crippen LogP contribution is -2.19. The molecule has 1 unspecified atom stereocenters. The van der Waals surface area contributed by atoms with Crippen molar-refractivity contribution in [1.29, 1.82) is 0 Å². The first-order chi connectivity index (χ1) is 9.54. The molecule has 0 aliphatic heterocycles. The molecule has 0 saturated carbocycles.